The lowest BCUT2D eigenvalue weighted by Gasteiger charge is -2.20. The standard InChI is InChI=1S/C21H23N3O2/c1-5-24-19-11-10-18(13-15(19)9-12-20(24)25)23(4)21(26)16-7-6-8-17(14-16)22(2)3/h6-14H,5H2,1-4H3. The summed E-state index contributed by atoms with van der Waals surface area (Å²) in [7, 11) is 5.66. The average Bonchev–Trinajstić information content (AvgIpc) is 2.66. The van der Waals surface area contributed by atoms with Crippen LogP contribution in [0.25, 0.3) is 10.9 Å². The van der Waals surface area contributed by atoms with Crippen LogP contribution in [0.1, 0.15) is 17.3 Å². The van der Waals surface area contributed by atoms with Gasteiger partial charge in [-0.25, -0.2) is 0 Å². The minimum absolute atomic E-state index is 0.0160. The zero-order valence-corrected chi connectivity index (χ0v) is 15.6. The van der Waals surface area contributed by atoms with Crippen molar-refractivity contribution in [2.75, 3.05) is 30.9 Å². The lowest BCUT2D eigenvalue weighted by molar-refractivity contribution is 0.0993. The van der Waals surface area contributed by atoms with E-state index in [1.807, 2.05) is 68.4 Å². The van der Waals surface area contributed by atoms with Crippen LogP contribution in [-0.4, -0.2) is 31.6 Å². The number of amides is 1. The first-order chi connectivity index (χ1) is 12.4. The van der Waals surface area contributed by atoms with Crippen LogP contribution in [-0.2, 0) is 6.54 Å². The van der Waals surface area contributed by atoms with Crippen molar-refractivity contribution in [2.45, 2.75) is 13.5 Å². The number of aromatic nitrogens is 1. The molecule has 5 heteroatoms. The maximum atomic E-state index is 12.9. The number of benzene rings is 2. The largest absolute Gasteiger partial charge is 0.378 e. The topological polar surface area (TPSA) is 45.6 Å². The van der Waals surface area contributed by atoms with E-state index >= 15 is 0 Å². The van der Waals surface area contributed by atoms with Gasteiger partial charge in [0.2, 0.25) is 0 Å². The number of carbonyl (C=O) groups excluding carboxylic acids is 1. The van der Waals surface area contributed by atoms with E-state index in [4.69, 9.17) is 0 Å². The van der Waals surface area contributed by atoms with Gasteiger partial charge in [-0.15, -0.1) is 0 Å². The van der Waals surface area contributed by atoms with E-state index in [1.165, 1.54) is 0 Å². The second kappa shape index (κ2) is 7.04. The molecule has 0 saturated heterocycles. The molecular formula is C21H23N3O2. The summed E-state index contributed by atoms with van der Waals surface area (Å²) in [6.07, 6.45) is 0. The minimum atomic E-state index is -0.0723. The van der Waals surface area contributed by atoms with Gasteiger partial charge in [0, 0.05) is 56.1 Å². The van der Waals surface area contributed by atoms with Gasteiger partial charge in [-0.1, -0.05) is 6.07 Å². The zero-order valence-electron chi connectivity index (χ0n) is 15.6. The normalized spacial score (nSPS) is 10.8. The molecule has 3 aromatic rings. The maximum absolute atomic E-state index is 12.9. The molecule has 3 rings (SSSR count). The van der Waals surface area contributed by atoms with E-state index in [9.17, 15) is 9.59 Å². The van der Waals surface area contributed by atoms with E-state index in [1.54, 1.807) is 28.6 Å². The SMILES string of the molecule is CCn1c(=O)ccc2cc(N(C)C(=O)c3cccc(N(C)C)c3)ccc21. The Labute approximate surface area is 153 Å². The van der Waals surface area contributed by atoms with Crippen molar-refractivity contribution in [3.05, 3.63) is 70.5 Å². The lowest BCUT2D eigenvalue weighted by Crippen LogP contribution is -2.26. The Balaban J connectivity index is 1.98. The molecule has 26 heavy (non-hydrogen) atoms. The highest BCUT2D eigenvalue weighted by atomic mass is 16.2. The molecule has 1 amide bonds. The van der Waals surface area contributed by atoms with Gasteiger partial charge in [-0.05, 0) is 49.4 Å². The van der Waals surface area contributed by atoms with Crippen LogP contribution in [0.15, 0.2) is 59.4 Å². The molecule has 0 bridgehead atoms. The first kappa shape index (κ1) is 17.7. The van der Waals surface area contributed by atoms with Gasteiger partial charge in [0.15, 0.2) is 0 Å². The van der Waals surface area contributed by atoms with Gasteiger partial charge in [0.25, 0.3) is 11.5 Å². The Hall–Kier alpha value is -3.08. The molecule has 0 aliphatic rings. The van der Waals surface area contributed by atoms with E-state index in [2.05, 4.69) is 0 Å². The first-order valence-electron chi connectivity index (χ1n) is 8.61. The summed E-state index contributed by atoms with van der Waals surface area (Å²) in [5.41, 5.74) is 3.27. The van der Waals surface area contributed by atoms with Gasteiger partial charge >= 0.3 is 0 Å². The number of anilines is 2. The van der Waals surface area contributed by atoms with Crippen LogP contribution in [0.4, 0.5) is 11.4 Å². The number of pyridine rings is 1. The second-order valence-electron chi connectivity index (χ2n) is 6.47. The van der Waals surface area contributed by atoms with E-state index in [-0.39, 0.29) is 11.5 Å². The highest BCUT2D eigenvalue weighted by Gasteiger charge is 2.15. The van der Waals surface area contributed by atoms with Crippen LogP contribution < -0.4 is 15.4 Å². The van der Waals surface area contributed by atoms with Gasteiger partial charge in [-0.2, -0.15) is 0 Å². The van der Waals surface area contributed by atoms with E-state index < -0.39 is 0 Å². The zero-order chi connectivity index (χ0) is 18.8. The molecule has 0 fully saturated rings. The summed E-state index contributed by atoms with van der Waals surface area (Å²) >= 11 is 0. The fourth-order valence-corrected chi connectivity index (χ4v) is 3.05. The molecule has 134 valence electrons. The third-order valence-electron chi connectivity index (χ3n) is 4.59. The fourth-order valence-electron chi connectivity index (χ4n) is 3.05. The van der Waals surface area contributed by atoms with Crippen molar-refractivity contribution in [1.29, 1.82) is 0 Å². The predicted molar refractivity (Wildman–Crippen MR) is 107 cm³/mol. The molecule has 0 aliphatic heterocycles. The van der Waals surface area contributed by atoms with Crippen LogP contribution in [0.3, 0.4) is 0 Å². The summed E-state index contributed by atoms with van der Waals surface area (Å²) in [4.78, 5) is 28.4. The Kier molecular flexibility index (Phi) is 4.80. The molecule has 0 atom stereocenters. The lowest BCUT2D eigenvalue weighted by atomic mass is 10.1. The summed E-state index contributed by atoms with van der Waals surface area (Å²) in [6, 6.07) is 16.6. The van der Waals surface area contributed by atoms with E-state index in [0.29, 0.717) is 12.1 Å². The van der Waals surface area contributed by atoms with Crippen molar-refractivity contribution in [3.8, 4) is 0 Å². The van der Waals surface area contributed by atoms with Crippen molar-refractivity contribution in [2.24, 2.45) is 0 Å². The molecule has 2 aromatic carbocycles. The molecule has 5 nitrogen and oxygen atoms in total. The number of hydrogen-bond donors (Lipinski definition) is 0. The molecule has 1 heterocycles. The maximum Gasteiger partial charge on any atom is 0.258 e. The molecule has 0 radical (unpaired) electrons. The first-order valence-corrected chi connectivity index (χ1v) is 8.61. The highest BCUT2D eigenvalue weighted by Crippen LogP contribution is 2.23. The molecule has 1 aromatic heterocycles. The Morgan fingerprint density at radius 3 is 2.42 bits per heavy atom. The third-order valence-corrected chi connectivity index (χ3v) is 4.59. The Bertz CT molecular complexity index is 1020. The fraction of sp³-hybridized carbons (Fsp3) is 0.238. The number of fused-ring (bicyclic) bond motifs is 1. The number of nitrogens with zero attached hydrogens (tertiary/aromatic N) is 3. The average molecular weight is 349 g/mol. The van der Waals surface area contributed by atoms with Crippen molar-refractivity contribution < 1.29 is 4.79 Å². The second-order valence-corrected chi connectivity index (χ2v) is 6.47. The number of carbonyl (C=O) groups is 1. The van der Waals surface area contributed by atoms with Gasteiger partial charge in [0.05, 0.1) is 5.52 Å². The summed E-state index contributed by atoms with van der Waals surface area (Å²) in [6.45, 7) is 2.56. The molecule has 0 unspecified atom stereocenters. The van der Waals surface area contributed by atoms with Crippen LogP contribution in [0, 0.1) is 0 Å². The highest BCUT2D eigenvalue weighted by molar-refractivity contribution is 6.07. The van der Waals surface area contributed by atoms with Crippen LogP contribution in [0.5, 0.6) is 0 Å². The Morgan fingerprint density at radius 2 is 1.73 bits per heavy atom. The third kappa shape index (κ3) is 3.20. The summed E-state index contributed by atoms with van der Waals surface area (Å²) in [5, 5.41) is 0.936. The van der Waals surface area contributed by atoms with Crippen LogP contribution >= 0.6 is 0 Å². The number of rotatable bonds is 4. The molecular weight excluding hydrogens is 326 g/mol. The quantitative estimate of drug-likeness (QED) is 0.725. The van der Waals surface area contributed by atoms with Crippen molar-refractivity contribution in [3.63, 3.8) is 0 Å². The summed E-state index contributed by atoms with van der Waals surface area (Å²) < 4.78 is 1.72. The number of aryl methyl sites for hydroxylation is 1. The molecule has 0 spiro atoms. The monoisotopic (exact) mass is 349 g/mol. The summed E-state index contributed by atoms with van der Waals surface area (Å²) in [5.74, 6) is -0.0723. The molecule has 0 N–H and O–H groups in total. The van der Waals surface area contributed by atoms with Crippen molar-refractivity contribution >= 4 is 28.2 Å². The number of hydrogen-bond acceptors (Lipinski definition) is 3. The van der Waals surface area contributed by atoms with Gasteiger partial charge in [0.1, 0.15) is 0 Å². The van der Waals surface area contributed by atoms with E-state index in [0.717, 1.165) is 22.3 Å². The minimum Gasteiger partial charge on any atom is -0.378 e. The van der Waals surface area contributed by atoms with Gasteiger partial charge < -0.3 is 14.4 Å². The molecule has 0 saturated carbocycles. The molecule has 0 aliphatic carbocycles. The predicted octanol–water partition coefficient (Wildman–Crippen LogP) is 3.36. The van der Waals surface area contributed by atoms with Crippen molar-refractivity contribution in [1.82, 2.24) is 4.57 Å². The van der Waals surface area contributed by atoms with Crippen LogP contribution in [0.2, 0.25) is 0 Å². The Morgan fingerprint density at radius 1 is 0.962 bits per heavy atom. The van der Waals surface area contributed by atoms with Gasteiger partial charge in [-0.3, -0.25) is 9.59 Å². The smallest absolute Gasteiger partial charge is 0.258 e.